The average molecular weight is 449 g/mol. The summed E-state index contributed by atoms with van der Waals surface area (Å²) in [7, 11) is 0. The Kier molecular flexibility index (Phi) is 4.35. The van der Waals surface area contributed by atoms with E-state index in [-0.39, 0.29) is 12.4 Å². The minimum Gasteiger partial charge on any atom is -0.340 e. The average Bonchev–Trinajstić information content (AvgIpc) is 3.28. The zero-order valence-electron chi connectivity index (χ0n) is 14.5. The number of rotatable bonds is 2. The molecule has 0 atom stereocenters. The first kappa shape index (κ1) is 17.9. The van der Waals surface area contributed by atoms with E-state index >= 15 is 0 Å². The predicted molar refractivity (Wildman–Crippen MR) is 103 cm³/mol. The molecule has 3 aromatic heterocycles. The predicted octanol–water partition coefficient (Wildman–Crippen LogP) is 3.27. The molecule has 8 nitrogen and oxygen atoms in total. The summed E-state index contributed by atoms with van der Waals surface area (Å²) in [5.41, 5.74) is 4.12. The van der Waals surface area contributed by atoms with Crippen molar-refractivity contribution >= 4 is 28.3 Å². The van der Waals surface area contributed by atoms with Crippen LogP contribution in [0, 0.1) is 13.8 Å². The van der Waals surface area contributed by atoms with Crippen molar-refractivity contribution in [2.45, 2.75) is 26.8 Å². The number of nitrogens with zero attached hydrogens (tertiary/aromatic N) is 7. The van der Waals surface area contributed by atoms with Gasteiger partial charge < -0.3 is 9.09 Å². The van der Waals surface area contributed by atoms with Crippen molar-refractivity contribution in [2.24, 2.45) is 0 Å². The minimum absolute atomic E-state index is 0. The molecule has 27 heavy (non-hydrogen) atoms. The maximum absolute atomic E-state index is 5.04. The molecule has 10 heteroatoms. The first-order chi connectivity index (χ1) is 12.6. The lowest BCUT2D eigenvalue weighted by molar-refractivity contribution is 0.388. The fourth-order valence-electron chi connectivity index (χ4n) is 3.23. The van der Waals surface area contributed by atoms with Gasteiger partial charge in [-0.3, -0.25) is 0 Å². The topological polar surface area (TPSA) is 87.5 Å². The second kappa shape index (κ2) is 6.58. The van der Waals surface area contributed by atoms with E-state index in [1.807, 2.05) is 24.0 Å². The molecule has 0 spiro atoms. The van der Waals surface area contributed by atoms with Gasteiger partial charge in [-0.05, 0) is 25.1 Å². The minimum atomic E-state index is 0. The van der Waals surface area contributed by atoms with Crippen LogP contribution in [0.5, 0.6) is 0 Å². The van der Waals surface area contributed by atoms with Crippen molar-refractivity contribution in [2.75, 3.05) is 0 Å². The molecular weight excluding hydrogens is 434 g/mol. The number of hydrogen-bond acceptors (Lipinski definition) is 6. The number of halogens is 2. The molecule has 0 aliphatic carbocycles. The number of aromatic nitrogens is 7. The Balaban J connectivity index is 0.00000180. The Labute approximate surface area is 169 Å². The highest BCUT2D eigenvalue weighted by molar-refractivity contribution is 9.10. The molecule has 0 fully saturated rings. The van der Waals surface area contributed by atoms with E-state index in [1.165, 1.54) is 0 Å². The lowest BCUT2D eigenvalue weighted by Gasteiger charge is -2.08. The summed E-state index contributed by atoms with van der Waals surface area (Å²) < 4.78 is 10.1. The maximum atomic E-state index is 5.04. The van der Waals surface area contributed by atoms with Crippen LogP contribution < -0.4 is 0 Å². The second-order valence-electron chi connectivity index (χ2n) is 6.22. The van der Waals surface area contributed by atoms with Crippen LogP contribution in [-0.4, -0.2) is 34.5 Å². The molecule has 1 aromatic carbocycles. The Morgan fingerprint density at radius 1 is 1.19 bits per heavy atom. The first-order valence-electron chi connectivity index (χ1n) is 8.14. The molecule has 0 unspecified atom stereocenters. The summed E-state index contributed by atoms with van der Waals surface area (Å²) in [5.74, 6) is 2.60. The Hall–Kier alpha value is -2.52. The van der Waals surface area contributed by atoms with Gasteiger partial charge >= 0.3 is 0 Å². The van der Waals surface area contributed by atoms with E-state index < -0.39 is 0 Å². The van der Waals surface area contributed by atoms with Gasteiger partial charge in [0.1, 0.15) is 0 Å². The SMILES string of the molecule is Cc1nc(Cc2nc3n(n2)Cc2c(C)ncn2-c2ccc(Br)cc2-3)no1.Cl. The van der Waals surface area contributed by atoms with Crippen LogP contribution in [0.3, 0.4) is 0 Å². The summed E-state index contributed by atoms with van der Waals surface area (Å²) in [6, 6.07) is 6.14. The van der Waals surface area contributed by atoms with Crippen molar-refractivity contribution < 1.29 is 4.52 Å². The van der Waals surface area contributed by atoms with E-state index in [0.29, 0.717) is 30.5 Å². The lowest BCUT2D eigenvalue weighted by Crippen LogP contribution is -2.06. The molecule has 1 aliphatic rings. The van der Waals surface area contributed by atoms with Gasteiger partial charge in [-0.25, -0.2) is 14.6 Å². The Morgan fingerprint density at radius 2 is 2.04 bits per heavy atom. The molecule has 1 aliphatic heterocycles. The van der Waals surface area contributed by atoms with Crippen molar-refractivity contribution in [3.05, 3.63) is 57.9 Å². The molecule has 4 aromatic rings. The highest BCUT2D eigenvalue weighted by Crippen LogP contribution is 2.33. The number of imidazole rings is 1. The molecule has 4 heterocycles. The molecule has 0 bridgehead atoms. The quantitative estimate of drug-likeness (QED) is 0.412. The second-order valence-corrected chi connectivity index (χ2v) is 7.14. The van der Waals surface area contributed by atoms with E-state index in [0.717, 1.165) is 32.9 Å². The van der Waals surface area contributed by atoms with Gasteiger partial charge in [-0.15, -0.1) is 12.4 Å². The molecule has 0 amide bonds. The van der Waals surface area contributed by atoms with E-state index in [4.69, 9.17) is 14.6 Å². The largest absolute Gasteiger partial charge is 0.340 e. The Bertz CT molecular complexity index is 1150. The van der Waals surface area contributed by atoms with Crippen LogP contribution in [0.2, 0.25) is 0 Å². The highest BCUT2D eigenvalue weighted by atomic mass is 79.9. The zero-order valence-corrected chi connectivity index (χ0v) is 17.0. The van der Waals surface area contributed by atoms with Crippen LogP contribution in [0.1, 0.15) is 28.9 Å². The summed E-state index contributed by atoms with van der Waals surface area (Å²) >= 11 is 3.56. The molecule has 0 radical (unpaired) electrons. The number of hydrogen-bond donors (Lipinski definition) is 0. The molecule has 0 saturated carbocycles. The van der Waals surface area contributed by atoms with Gasteiger partial charge in [-0.2, -0.15) is 10.1 Å². The van der Waals surface area contributed by atoms with Crippen molar-refractivity contribution in [1.29, 1.82) is 0 Å². The molecular formula is C17H15BrClN7O. The monoisotopic (exact) mass is 447 g/mol. The fourth-order valence-corrected chi connectivity index (χ4v) is 3.59. The van der Waals surface area contributed by atoms with Crippen molar-refractivity contribution in [1.82, 2.24) is 34.5 Å². The Morgan fingerprint density at radius 3 is 2.81 bits per heavy atom. The zero-order chi connectivity index (χ0) is 17.8. The summed E-state index contributed by atoms with van der Waals surface area (Å²) in [6.07, 6.45) is 2.28. The van der Waals surface area contributed by atoms with E-state index in [2.05, 4.69) is 47.8 Å². The number of benzene rings is 1. The number of aryl methyl sites for hydroxylation is 2. The summed E-state index contributed by atoms with van der Waals surface area (Å²) in [4.78, 5) is 13.5. The van der Waals surface area contributed by atoms with Crippen LogP contribution >= 0.6 is 28.3 Å². The van der Waals surface area contributed by atoms with Crippen LogP contribution in [-0.2, 0) is 13.0 Å². The smallest absolute Gasteiger partial charge is 0.223 e. The molecule has 138 valence electrons. The molecule has 0 N–H and O–H groups in total. The van der Waals surface area contributed by atoms with Crippen molar-refractivity contribution in [3.63, 3.8) is 0 Å². The standard InChI is InChI=1S/C17H14BrN7O.ClH/c1-9-14-7-25-17(21-15(22-25)6-16-20-10(2)26-23-16)12-5-11(18)3-4-13(12)24(14)8-19-9;/h3-5,8H,6-7H2,1-2H3;1H. The van der Waals surface area contributed by atoms with Gasteiger partial charge in [0.15, 0.2) is 17.5 Å². The lowest BCUT2D eigenvalue weighted by atomic mass is 10.1. The van der Waals surface area contributed by atoms with Gasteiger partial charge in [0, 0.05) is 17.0 Å². The van der Waals surface area contributed by atoms with Crippen LogP contribution in [0.25, 0.3) is 17.1 Å². The third-order valence-electron chi connectivity index (χ3n) is 4.44. The van der Waals surface area contributed by atoms with Crippen LogP contribution in [0.4, 0.5) is 0 Å². The highest BCUT2D eigenvalue weighted by Gasteiger charge is 2.24. The van der Waals surface area contributed by atoms with Gasteiger partial charge in [0.25, 0.3) is 0 Å². The third-order valence-corrected chi connectivity index (χ3v) is 4.93. The summed E-state index contributed by atoms with van der Waals surface area (Å²) in [5, 5.41) is 8.63. The third kappa shape index (κ3) is 2.96. The van der Waals surface area contributed by atoms with Crippen LogP contribution in [0.15, 0.2) is 33.5 Å². The normalized spacial score (nSPS) is 12.0. The molecule has 0 saturated heterocycles. The fraction of sp³-hybridized carbons (Fsp3) is 0.235. The first-order valence-corrected chi connectivity index (χ1v) is 8.94. The maximum Gasteiger partial charge on any atom is 0.223 e. The van der Waals surface area contributed by atoms with E-state index in [9.17, 15) is 0 Å². The summed E-state index contributed by atoms with van der Waals surface area (Å²) in [6.45, 7) is 4.38. The van der Waals surface area contributed by atoms with E-state index in [1.54, 1.807) is 6.92 Å². The number of fused-ring (bicyclic) bond motifs is 5. The van der Waals surface area contributed by atoms with Crippen molar-refractivity contribution in [3.8, 4) is 17.1 Å². The van der Waals surface area contributed by atoms with Gasteiger partial charge in [0.05, 0.1) is 36.4 Å². The van der Waals surface area contributed by atoms with Gasteiger partial charge in [0.2, 0.25) is 5.89 Å². The molecule has 5 rings (SSSR count). The van der Waals surface area contributed by atoms with Gasteiger partial charge in [-0.1, -0.05) is 21.1 Å².